The number of halogens is 1. The summed E-state index contributed by atoms with van der Waals surface area (Å²) in [6.07, 6.45) is 3.41. The number of hydrogen-bond donors (Lipinski definition) is 3. The van der Waals surface area contributed by atoms with E-state index in [1.165, 1.54) is 12.5 Å². The Bertz CT molecular complexity index is 460. The minimum atomic E-state index is -0.419. The predicted octanol–water partition coefficient (Wildman–Crippen LogP) is 1.46. The third kappa shape index (κ3) is 3.11. The lowest BCUT2D eigenvalue weighted by atomic mass is 9.91. The van der Waals surface area contributed by atoms with Gasteiger partial charge in [0, 0.05) is 24.7 Å². The highest BCUT2D eigenvalue weighted by atomic mass is 19.1. The molecular formula is C14H20FN3O. The summed E-state index contributed by atoms with van der Waals surface area (Å²) in [7, 11) is 0. The smallest absolute Gasteiger partial charge is 0.138 e. The van der Waals surface area contributed by atoms with Gasteiger partial charge in [0.1, 0.15) is 11.7 Å². The molecule has 0 amide bonds. The Balaban J connectivity index is 2.16. The summed E-state index contributed by atoms with van der Waals surface area (Å²) in [5, 5.41) is 16.5. The number of amidine groups is 1. The zero-order chi connectivity index (χ0) is 13.8. The molecule has 0 atom stereocenters. The second kappa shape index (κ2) is 6.12. The van der Waals surface area contributed by atoms with Gasteiger partial charge >= 0.3 is 0 Å². The van der Waals surface area contributed by atoms with E-state index in [-0.39, 0.29) is 18.0 Å². The maximum Gasteiger partial charge on any atom is 0.138 e. The molecule has 1 aromatic rings. The average Bonchev–Trinajstić information content (AvgIpc) is 2.29. The van der Waals surface area contributed by atoms with E-state index in [0.717, 1.165) is 12.8 Å². The van der Waals surface area contributed by atoms with Crippen LogP contribution in [0.4, 0.5) is 4.39 Å². The number of hydrogen-bond acceptors (Lipinski definition) is 3. The highest BCUT2D eigenvalue weighted by Crippen LogP contribution is 2.26. The molecule has 1 aliphatic rings. The van der Waals surface area contributed by atoms with Crippen molar-refractivity contribution in [1.29, 1.82) is 5.41 Å². The van der Waals surface area contributed by atoms with Gasteiger partial charge in [-0.25, -0.2) is 4.39 Å². The molecule has 0 radical (unpaired) electrons. The first-order chi connectivity index (χ1) is 9.13. The van der Waals surface area contributed by atoms with E-state index in [1.54, 1.807) is 12.1 Å². The quantitative estimate of drug-likeness (QED) is 0.538. The molecule has 5 heteroatoms. The van der Waals surface area contributed by atoms with Gasteiger partial charge in [-0.05, 0) is 18.9 Å². The van der Waals surface area contributed by atoms with E-state index in [2.05, 4.69) is 4.90 Å². The highest BCUT2D eigenvalue weighted by molar-refractivity contribution is 5.95. The van der Waals surface area contributed by atoms with Crippen molar-refractivity contribution in [2.75, 3.05) is 13.2 Å². The zero-order valence-electron chi connectivity index (χ0n) is 10.9. The van der Waals surface area contributed by atoms with Gasteiger partial charge in [0.25, 0.3) is 0 Å². The fourth-order valence-electron chi connectivity index (χ4n) is 2.40. The first-order valence-corrected chi connectivity index (χ1v) is 6.60. The molecule has 0 heterocycles. The van der Waals surface area contributed by atoms with Crippen LogP contribution in [0.25, 0.3) is 0 Å². The van der Waals surface area contributed by atoms with Gasteiger partial charge in [-0.2, -0.15) is 0 Å². The lowest BCUT2D eigenvalue weighted by Crippen LogP contribution is -2.41. The third-order valence-electron chi connectivity index (χ3n) is 3.72. The van der Waals surface area contributed by atoms with E-state index in [0.29, 0.717) is 24.7 Å². The summed E-state index contributed by atoms with van der Waals surface area (Å²) in [6, 6.07) is 5.38. The molecule has 1 saturated carbocycles. The van der Waals surface area contributed by atoms with Crippen LogP contribution in [-0.2, 0) is 6.54 Å². The maximum atomic E-state index is 14.2. The van der Waals surface area contributed by atoms with Crippen LogP contribution in [0.2, 0.25) is 0 Å². The molecule has 104 valence electrons. The maximum absolute atomic E-state index is 14.2. The van der Waals surface area contributed by atoms with Crippen molar-refractivity contribution in [2.45, 2.75) is 31.8 Å². The number of benzene rings is 1. The number of nitrogens with two attached hydrogens (primary N) is 1. The van der Waals surface area contributed by atoms with Crippen molar-refractivity contribution in [1.82, 2.24) is 4.90 Å². The topological polar surface area (TPSA) is 73.3 Å². The third-order valence-corrected chi connectivity index (χ3v) is 3.72. The fourth-order valence-corrected chi connectivity index (χ4v) is 2.40. The molecule has 4 nitrogen and oxygen atoms in total. The molecular weight excluding hydrogens is 245 g/mol. The summed E-state index contributed by atoms with van der Waals surface area (Å²) in [4.78, 5) is 2.10. The second-order valence-electron chi connectivity index (χ2n) is 4.97. The van der Waals surface area contributed by atoms with E-state index in [9.17, 15) is 4.39 Å². The van der Waals surface area contributed by atoms with Crippen molar-refractivity contribution in [2.24, 2.45) is 5.73 Å². The van der Waals surface area contributed by atoms with Crippen LogP contribution in [0.3, 0.4) is 0 Å². The average molecular weight is 265 g/mol. The van der Waals surface area contributed by atoms with E-state index >= 15 is 0 Å². The molecule has 4 N–H and O–H groups in total. The summed E-state index contributed by atoms with van der Waals surface area (Å²) in [5.74, 6) is -0.672. The number of nitrogen functional groups attached to an aromatic ring is 1. The number of rotatable bonds is 6. The predicted molar refractivity (Wildman–Crippen MR) is 72.6 cm³/mol. The SMILES string of the molecule is N=C(N)c1cccc(CN(CCO)C2CCC2)c1F. The van der Waals surface area contributed by atoms with E-state index in [1.807, 2.05) is 0 Å². The van der Waals surface area contributed by atoms with Crippen LogP contribution in [0.5, 0.6) is 0 Å². The molecule has 0 spiro atoms. The van der Waals surface area contributed by atoms with Crippen LogP contribution >= 0.6 is 0 Å². The highest BCUT2D eigenvalue weighted by Gasteiger charge is 2.25. The molecule has 0 saturated heterocycles. The Hall–Kier alpha value is -1.46. The number of aliphatic hydroxyl groups is 1. The van der Waals surface area contributed by atoms with Gasteiger partial charge in [0.05, 0.1) is 12.2 Å². The van der Waals surface area contributed by atoms with E-state index < -0.39 is 5.82 Å². The first-order valence-electron chi connectivity index (χ1n) is 6.60. The van der Waals surface area contributed by atoms with Gasteiger partial charge in [-0.1, -0.05) is 18.6 Å². The van der Waals surface area contributed by atoms with Crippen molar-refractivity contribution < 1.29 is 9.50 Å². The van der Waals surface area contributed by atoms with Gasteiger partial charge in [-0.15, -0.1) is 0 Å². The Morgan fingerprint density at radius 3 is 2.74 bits per heavy atom. The van der Waals surface area contributed by atoms with Crippen LogP contribution in [0.15, 0.2) is 18.2 Å². The molecule has 2 rings (SSSR count). The number of nitrogens with zero attached hydrogens (tertiary/aromatic N) is 1. The van der Waals surface area contributed by atoms with Gasteiger partial charge < -0.3 is 10.8 Å². The molecule has 1 aliphatic carbocycles. The lowest BCUT2D eigenvalue weighted by Gasteiger charge is -2.37. The zero-order valence-corrected chi connectivity index (χ0v) is 10.9. The van der Waals surface area contributed by atoms with E-state index in [4.69, 9.17) is 16.2 Å². The molecule has 1 aromatic carbocycles. The minimum Gasteiger partial charge on any atom is -0.395 e. The summed E-state index contributed by atoms with van der Waals surface area (Å²) in [5.41, 5.74) is 6.04. The fraction of sp³-hybridized carbons (Fsp3) is 0.500. The molecule has 0 aromatic heterocycles. The van der Waals surface area contributed by atoms with Crippen LogP contribution in [0, 0.1) is 11.2 Å². The molecule has 0 unspecified atom stereocenters. The first kappa shape index (κ1) is 14.0. The largest absolute Gasteiger partial charge is 0.395 e. The number of nitrogens with one attached hydrogen (secondary N) is 1. The minimum absolute atomic E-state index is 0.0739. The second-order valence-corrected chi connectivity index (χ2v) is 4.97. The van der Waals surface area contributed by atoms with Crippen LogP contribution in [0.1, 0.15) is 30.4 Å². The van der Waals surface area contributed by atoms with Crippen LogP contribution < -0.4 is 5.73 Å². The van der Waals surface area contributed by atoms with Crippen molar-refractivity contribution in [3.05, 3.63) is 35.1 Å². The van der Waals surface area contributed by atoms with Gasteiger partial charge in [0.2, 0.25) is 0 Å². The molecule has 19 heavy (non-hydrogen) atoms. The van der Waals surface area contributed by atoms with Gasteiger partial charge in [0.15, 0.2) is 0 Å². The van der Waals surface area contributed by atoms with Crippen molar-refractivity contribution in [3.8, 4) is 0 Å². The monoisotopic (exact) mass is 265 g/mol. The summed E-state index contributed by atoms with van der Waals surface area (Å²) in [6.45, 7) is 1.08. The Morgan fingerprint density at radius 1 is 1.47 bits per heavy atom. The lowest BCUT2D eigenvalue weighted by molar-refractivity contribution is 0.0934. The Labute approximate surface area is 112 Å². The number of aliphatic hydroxyl groups excluding tert-OH is 1. The van der Waals surface area contributed by atoms with Gasteiger partial charge in [-0.3, -0.25) is 10.3 Å². The van der Waals surface area contributed by atoms with Crippen LogP contribution in [-0.4, -0.2) is 35.0 Å². The normalized spacial score (nSPS) is 15.5. The molecule has 1 fully saturated rings. The van der Waals surface area contributed by atoms with Crippen molar-refractivity contribution >= 4 is 5.84 Å². The Morgan fingerprint density at radius 2 is 2.21 bits per heavy atom. The molecule has 0 aliphatic heterocycles. The Kier molecular flexibility index (Phi) is 4.50. The molecule has 0 bridgehead atoms. The summed E-state index contributed by atoms with van der Waals surface area (Å²) < 4.78 is 14.2. The summed E-state index contributed by atoms with van der Waals surface area (Å²) >= 11 is 0. The van der Waals surface area contributed by atoms with Crippen molar-refractivity contribution in [3.63, 3.8) is 0 Å². The standard InChI is InChI=1S/C14H20FN3O/c15-13-10(3-1-6-12(13)14(16)17)9-18(7-8-19)11-4-2-5-11/h1,3,6,11,19H,2,4-5,7-9H2,(H3,16,17).